The molecular formula is C26H24F3N3O4. The van der Waals surface area contributed by atoms with Crippen LogP contribution in [0.2, 0.25) is 0 Å². The molecule has 1 fully saturated rings. The van der Waals surface area contributed by atoms with Crippen molar-refractivity contribution >= 4 is 11.6 Å². The van der Waals surface area contributed by atoms with Crippen molar-refractivity contribution in [3.63, 3.8) is 0 Å². The number of carbonyl (C=O) groups is 1. The molecule has 0 saturated carbocycles. The van der Waals surface area contributed by atoms with Gasteiger partial charge in [0.2, 0.25) is 0 Å². The first kappa shape index (κ1) is 23.9. The number of nitrogens with zero attached hydrogens (tertiary/aromatic N) is 1. The smallest absolute Gasteiger partial charge is 0.433 e. The summed E-state index contributed by atoms with van der Waals surface area (Å²) in [7, 11) is 0. The van der Waals surface area contributed by atoms with Crippen LogP contribution in [0.1, 0.15) is 44.3 Å². The molecule has 2 aliphatic rings. The van der Waals surface area contributed by atoms with Crippen molar-refractivity contribution in [3.05, 3.63) is 86.3 Å². The van der Waals surface area contributed by atoms with Crippen LogP contribution in [0.15, 0.2) is 47.3 Å². The van der Waals surface area contributed by atoms with Gasteiger partial charge in [-0.25, -0.2) is 0 Å². The molecule has 1 unspecified atom stereocenters. The molecule has 0 aliphatic carbocycles. The predicted octanol–water partition coefficient (Wildman–Crippen LogP) is 4.47. The van der Waals surface area contributed by atoms with Crippen LogP contribution in [-0.2, 0) is 10.9 Å². The highest BCUT2D eigenvalue weighted by Gasteiger charge is 2.38. The van der Waals surface area contributed by atoms with Crippen LogP contribution < -0.4 is 20.5 Å². The molecule has 2 N–H and O–H groups in total. The number of halogens is 3. The van der Waals surface area contributed by atoms with Crippen molar-refractivity contribution in [2.45, 2.75) is 26.1 Å². The maximum atomic E-state index is 13.8. The molecule has 1 amide bonds. The lowest BCUT2D eigenvalue weighted by Gasteiger charge is -2.32. The molecule has 10 heteroatoms. The van der Waals surface area contributed by atoms with Crippen LogP contribution in [0.3, 0.4) is 0 Å². The molecule has 36 heavy (non-hydrogen) atoms. The summed E-state index contributed by atoms with van der Waals surface area (Å²) in [5.41, 5.74) is 0.280. The Morgan fingerprint density at radius 2 is 1.83 bits per heavy atom. The zero-order chi connectivity index (χ0) is 25.6. The monoisotopic (exact) mass is 499 g/mol. The van der Waals surface area contributed by atoms with E-state index in [0.717, 1.165) is 22.8 Å². The fourth-order valence-corrected chi connectivity index (χ4v) is 4.67. The van der Waals surface area contributed by atoms with E-state index in [0.29, 0.717) is 17.1 Å². The summed E-state index contributed by atoms with van der Waals surface area (Å²) in [6.07, 6.45) is -4.80. The lowest BCUT2D eigenvalue weighted by Crippen LogP contribution is -2.40. The van der Waals surface area contributed by atoms with E-state index in [1.54, 1.807) is 6.07 Å². The summed E-state index contributed by atoms with van der Waals surface area (Å²) in [5, 5.41) is 2.87. The molecule has 0 radical (unpaired) electrons. The predicted molar refractivity (Wildman–Crippen MR) is 127 cm³/mol. The Labute approximate surface area is 204 Å². The number of aryl methyl sites for hydroxylation is 2. The summed E-state index contributed by atoms with van der Waals surface area (Å²) in [6.45, 7) is 4.68. The fraction of sp³-hybridized carbons (Fsp3) is 0.308. The van der Waals surface area contributed by atoms with E-state index in [2.05, 4.69) is 5.32 Å². The average Bonchev–Trinajstić information content (AvgIpc) is 2.83. The summed E-state index contributed by atoms with van der Waals surface area (Å²) in [5.74, 6) is 0.342. The third-order valence-corrected chi connectivity index (χ3v) is 6.45. The van der Waals surface area contributed by atoms with Gasteiger partial charge in [-0.15, -0.1) is 0 Å². The van der Waals surface area contributed by atoms with Crippen LogP contribution in [0.4, 0.5) is 18.9 Å². The molecule has 3 aromatic rings. The number of aromatic amines is 1. The molecule has 5 rings (SSSR count). The summed E-state index contributed by atoms with van der Waals surface area (Å²) >= 11 is 0. The number of nitrogens with one attached hydrogen (secondary N) is 2. The van der Waals surface area contributed by atoms with Crippen molar-refractivity contribution in [1.29, 1.82) is 0 Å². The Hall–Kier alpha value is -3.79. The number of rotatable bonds is 3. The minimum Gasteiger partial charge on any atom is -0.457 e. The second kappa shape index (κ2) is 9.02. The van der Waals surface area contributed by atoms with Gasteiger partial charge < -0.3 is 24.7 Å². The van der Waals surface area contributed by atoms with E-state index < -0.39 is 34.9 Å². The highest BCUT2D eigenvalue weighted by molar-refractivity contribution is 5.95. The van der Waals surface area contributed by atoms with Gasteiger partial charge in [0, 0.05) is 24.2 Å². The first-order valence-electron chi connectivity index (χ1n) is 11.5. The van der Waals surface area contributed by atoms with Gasteiger partial charge in [0.25, 0.3) is 11.5 Å². The number of anilines is 1. The van der Waals surface area contributed by atoms with Crippen LogP contribution in [0, 0.1) is 13.8 Å². The van der Waals surface area contributed by atoms with Crippen molar-refractivity contribution < 1.29 is 27.4 Å². The highest BCUT2D eigenvalue weighted by atomic mass is 19.4. The number of fused-ring (bicyclic) bond motifs is 2. The van der Waals surface area contributed by atoms with Crippen LogP contribution in [0.25, 0.3) is 0 Å². The maximum absolute atomic E-state index is 13.8. The first-order chi connectivity index (χ1) is 17.1. The lowest BCUT2D eigenvalue weighted by atomic mass is 9.90. The van der Waals surface area contributed by atoms with E-state index in [1.807, 2.05) is 49.2 Å². The largest absolute Gasteiger partial charge is 0.457 e. The van der Waals surface area contributed by atoms with Crippen molar-refractivity contribution in [2.24, 2.45) is 0 Å². The van der Waals surface area contributed by atoms with Gasteiger partial charge in [0.15, 0.2) is 0 Å². The van der Waals surface area contributed by atoms with Gasteiger partial charge in [0.05, 0.1) is 24.9 Å². The van der Waals surface area contributed by atoms with Gasteiger partial charge in [-0.1, -0.05) is 24.3 Å². The zero-order valence-electron chi connectivity index (χ0n) is 19.7. The molecule has 1 saturated heterocycles. The Morgan fingerprint density at radius 1 is 1.08 bits per heavy atom. The number of benzene rings is 2. The number of pyridine rings is 1. The number of amides is 1. The topological polar surface area (TPSA) is 83.7 Å². The summed E-state index contributed by atoms with van der Waals surface area (Å²) < 4.78 is 52.6. The SMILES string of the molecule is Cc1ccc2c(c1)Oc1cccc(C)c1C2NC(=O)c1cc(N2CCOCC2)c(C(F)(F)F)[nH]c1=O. The number of alkyl halides is 3. The number of H-pyrrole nitrogens is 1. The maximum Gasteiger partial charge on any atom is 0.433 e. The van der Waals surface area contributed by atoms with Gasteiger partial charge in [0.1, 0.15) is 22.8 Å². The average molecular weight is 499 g/mol. The summed E-state index contributed by atoms with van der Waals surface area (Å²) in [6, 6.07) is 11.4. The number of morpholine rings is 1. The van der Waals surface area contributed by atoms with E-state index in [-0.39, 0.29) is 32.0 Å². The van der Waals surface area contributed by atoms with Gasteiger partial charge in [-0.3, -0.25) is 9.59 Å². The molecule has 188 valence electrons. The second-order valence-corrected chi connectivity index (χ2v) is 8.91. The first-order valence-corrected chi connectivity index (χ1v) is 11.5. The Bertz CT molecular complexity index is 1390. The molecule has 2 aromatic carbocycles. The standard InChI is InChI=1S/C26H24F3N3O4/c1-14-6-7-16-20(12-14)36-19-5-3-4-15(2)21(19)22(16)30-24(33)17-13-18(32-8-10-35-11-9-32)23(26(27,28)29)31-25(17)34/h3-7,12-13,22H,8-11H2,1-2H3,(H,30,33)(H,31,34). The van der Waals surface area contributed by atoms with Crippen molar-refractivity contribution in [3.8, 4) is 11.5 Å². The van der Waals surface area contributed by atoms with E-state index >= 15 is 0 Å². The Kier molecular flexibility index (Phi) is 5.99. The Morgan fingerprint density at radius 3 is 2.56 bits per heavy atom. The number of carbonyl (C=O) groups excluding carboxylic acids is 1. The molecule has 2 aliphatic heterocycles. The van der Waals surface area contributed by atoms with Crippen molar-refractivity contribution in [1.82, 2.24) is 10.3 Å². The quantitative estimate of drug-likeness (QED) is 0.556. The summed E-state index contributed by atoms with van der Waals surface area (Å²) in [4.78, 5) is 29.5. The molecule has 1 atom stereocenters. The number of hydrogen-bond acceptors (Lipinski definition) is 5. The second-order valence-electron chi connectivity index (χ2n) is 8.91. The van der Waals surface area contributed by atoms with Gasteiger partial charge >= 0.3 is 6.18 Å². The molecule has 3 heterocycles. The molecule has 1 aromatic heterocycles. The Balaban J connectivity index is 1.57. The zero-order valence-corrected chi connectivity index (χ0v) is 19.7. The van der Waals surface area contributed by atoms with Gasteiger partial charge in [-0.05, 0) is 43.2 Å². The molecule has 7 nitrogen and oxygen atoms in total. The van der Waals surface area contributed by atoms with Crippen molar-refractivity contribution in [2.75, 3.05) is 31.2 Å². The van der Waals surface area contributed by atoms with Crippen LogP contribution in [0.5, 0.6) is 11.5 Å². The third kappa shape index (κ3) is 4.32. The van der Waals surface area contributed by atoms with E-state index in [1.165, 1.54) is 4.90 Å². The minimum atomic E-state index is -4.80. The molecule has 0 spiro atoms. The van der Waals surface area contributed by atoms with Crippen LogP contribution >= 0.6 is 0 Å². The third-order valence-electron chi connectivity index (χ3n) is 6.45. The van der Waals surface area contributed by atoms with E-state index in [4.69, 9.17) is 9.47 Å². The number of aromatic nitrogens is 1. The molecular weight excluding hydrogens is 475 g/mol. The number of hydrogen-bond donors (Lipinski definition) is 2. The highest BCUT2D eigenvalue weighted by Crippen LogP contribution is 2.44. The fourth-order valence-electron chi connectivity index (χ4n) is 4.67. The number of ether oxygens (including phenoxy) is 2. The minimum absolute atomic E-state index is 0.204. The lowest BCUT2D eigenvalue weighted by molar-refractivity contribution is -0.140. The van der Waals surface area contributed by atoms with Crippen LogP contribution in [-0.4, -0.2) is 37.2 Å². The van der Waals surface area contributed by atoms with Gasteiger partial charge in [-0.2, -0.15) is 13.2 Å². The van der Waals surface area contributed by atoms with E-state index in [9.17, 15) is 22.8 Å². The molecule has 0 bridgehead atoms. The normalized spacial score (nSPS) is 17.1.